The zero-order valence-electron chi connectivity index (χ0n) is 12.0. The molecule has 0 saturated carbocycles. The maximum atomic E-state index is 3.94. The summed E-state index contributed by atoms with van der Waals surface area (Å²) in [6.45, 7) is 4.91. The van der Waals surface area contributed by atoms with E-state index < -0.39 is 0 Å². The number of nitrogens with one attached hydrogen (secondary N) is 1. The van der Waals surface area contributed by atoms with Crippen LogP contribution in [0.2, 0.25) is 0 Å². The van der Waals surface area contributed by atoms with Gasteiger partial charge in [-0.3, -0.25) is 4.90 Å². The molecule has 3 rings (SSSR count). The average molecular weight is 258 g/mol. The molecule has 1 N–H and O–H groups in total. The van der Waals surface area contributed by atoms with E-state index >= 15 is 0 Å². The highest BCUT2D eigenvalue weighted by Crippen LogP contribution is 2.29. The van der Waals surface area contributed by atoms with Crippen LogP contribution in [-0.4, -0.2) is 30.1 Å². The van der Waals surface area contributed by atoms with Crippen molar-refractivity contribution in [2.24, 2.45) is 0 Å². The van der Waals surface area contributed by atoms with Crippen molar-refractivity contribution in [3.63, 3.8) is 0 Å². The topological polar surface area (TPSA) is 15.3 Å². The molecule has 1 aromatic carbocycles. The molecule has 0 amide bonds. The molecule has 3 atom stereocenters. The van der Waals surface area contributed by atoms with Crippen molar-refractivity contribution in [3.8, 4) is 0 Å². The van der Waals surface area contributed by atoms with E-state index in [0.29, 0.717) is 12.1 Å². The first kappa shape index (κ1) is 13.1. The summed E-state index contributed by atoms with van der Waals surface area (Å²) < 4.78 is 0. The van der Waals surface area contributed by atoms with Gasteiger partial charge in [0.15, 0.2) is 0 Å². The molecule has 0 radical (unpaired) electrons. The maximum absolute atomic E-state index is 3.94. The number of hydrogen-bond donors (Lipinski definition) is 1. The van der Waals surface area contributed by atoms with Crippen LogP contribution in [-0.2, 0) is 0 Å². The molecule has 2 fully saturated rings. The summed E-state index contributed by atoms with van der Waals surface area (Å²) in [5.41, 5.74) is 1.44. The van der Waals surface area contributed by atoms with Gasteiger partial charge < -0.3 is 5.32 Å². The lowest BCUT2D eigenvalue weighted by molar-refractivity contribution is 0.176. The minimum absolute atomic E-state index is 0.521. The van der Waals surface area contributed by atoms with Crippen molar-refractivity contribution < 1.29 is 0 Å². The third-order valence-electron chi connectivity index (χ3n) is 4.88. The van der Waals surface area contributed by atoms with Crippen LogP contribution in [0.5, 0.6) is 0 Å². The summed E-state index contributed by atoms with van der Waals surface area (Å²) in [5, 5.41) is 3.94. The molecule has 0 bridgehead atoms. The third kappa shape index (κ3) is 2.85. The van der Waals surface area contributed by atoms with Crippen LogP contribution in [0, 0.1) is 0 Å². The first-order valence-corrected chi connectivity index (χ1v) is 7.93. The van der Waals surface area contributed by atoms with Crippen molar-refractivity contribution in [2.45, 2.75) is 57.2 Å². The van der Waals surface area contributed by atoms with Gasteiger partial charge in [-0.1, -0.05) is 43.7 Å². The lowest BCUT2D eigenvalue weighted by atomic mass is 9.96. The van der Waals surface area contributed by atoms with Crippen LogP contribution >= 0.6 is 0 Å². The smallest absolute Gasteiger partial charge is 0.0320 e. The molecule has 0 spiro atoms. The quantitative estimate of drug-likeness (QED) is 0.891. The standard InChI is InChI=1S/C17H26N2/c1-2-15(14-8-4-3-5-9-14)18-16-11-13-19-12-7-6-10-17(16)19/h3-5,8-9,15-18H,2,6-7,10-13H2,1H3. The molecule has 2 aliphatic rings. The fraction of sp³-hybridized carbons (Fsp3) is 0.647. The Morgan fingerprint density at radius 1 is 1.16 bits per heavy atom. The van der Waals surface area contributed by atoms with E-state index in [4.69, 9.17) is 0 Å². The van der Waals surface area contributed by atoms with Crippen molar-refractivity contribution in [3.05, 3.63) is 35.9 Å². The lowest BCUT2D eigenvalue weighted by Gasteiger charge is -2.34. The molecular formula is C17H26N2. The minimum atomic E-state index is 0.521. The molecule has 2 nitrogen and oxygen atoms in total. The molecule has 0 aliphatic carbocycles. The van der Waals surface area contributed by atoms with Crippen molar-refractivity contribution >= 4 is 0 Å². The van der Waals surface area contributed by atoms with Gasteiger partial charge in [0.1, 0.15) is 0 Å². The SMILES string of the molecule is CCC(NC1CCN2CCCCC12)c1ccccc1. The molecule has 2 saturated heterocycles. The molecule has 2 heteroatoms. The Balaban J connectivity index is 1.66. The lowest BCUT2D eigenvalue weighted by Crippen LogP contribution is -2.45. The molecule has 0 aromatic heterocycles. The number of fused-ring (bicyclic) bond motifs is 1. The van der Waals surface area contributed by atoms with E-state index in [1.807, 2.05) is 0 Å². The maximum Gasteiger partial charge on any atom is 0.0320 e. The van der Waals surface area contributed by atoms with Crippen LogP contribution in [0.25, 0.3) is 0 Å². The Bertz CT molecular complexity index is 390. The minimum Gasteiger partial charge on any atom is -0.306 e. The Labute approximate surface area is 117 Å². The molecular weight excluding hydrogens is 232 g/mol. The van der Waals surface area contributed by atoms with Crippen LogP contribution < -0.4 is 5.32 Å². The van der Waals surface area contributed by atoms with Crippen molar-refractivity contribution in [1.29, 1.82) is 0 Å². The Morgan fingerprint density at radius 2 is 2.00 bits per heavy atom. The summed E-state index contributed by atoms with van der Waals surface area (Å²) in [7, 11) is 0. The van der Waals surface area contributed by atoms with Gasteiger partial charge in [-0.15, -0.1) is 0 Å². The number of rotatable bonds is 4. The largest absolute Gasteiger partial charge is 0.306 e. The van der Waals surface area contributed by atoms with E-state index in [2.05, 4.69) is 47.5 Å². The van der Waals surface area contributed by atoms with Crippen molar-refractivity contribution in [1.82, 2.24) is 10.2 Å². The van der Waals surface area contributed by atoms with Crippen LogP contribution in [0.15, 0.2) is 30.3 Å². The third-order valence-corrected chi connectivity index (χ3v) is 4.88. The molecule has 2 aliphatic heterocycles. The van der Waals surface area contributed by atoms with E-state index in [-0.39, 0.29) is 0 Å². The highest BCUT2D eigenvalue weighted by Gasteiger charge is 2.36. The van der Waals surface area contributed by atoms with Crippen LogP contribution in [0.1, 0.15) is 50.6 Å². The first-order chi connectivity index (χ1) is 9.38. The van der Waals surface area contributed by atoms with Gasteiger partial charge in [-0.05, 0) is 37.8 Å². The van der Waals surface area contributed by atoms with Gasteiger partial charge in [-0.25, -0.2) is 0 Å². The fourth-order valence-electron chi connectivity index (χ4n) is 3.84. The van der Waals surface area contributed by atoms with E-state index in [1.54, 1.807) is 0 Å². The van der Waals surface area contributed by atoms with E-state index in [1.165, 1.54) is 50.8 Å². The van der Waals surface area contributed by atoms with Gasteiger partial charge in [0.05, 0.1) is 0 Å². The molecule has 104 valence electrons. The molecule has 2 heterocycles. The molecule has 1 aromatic rings. The summed E-state index contributed by atoms with van der Waals surface area (Å²) in [6, 6.07) is 12.9. The molecule has 19 heavy (non-hydrogen) atoms. The predicted octanol–water partition coefficient (Wildman–Crippen LogP) is 3.35. The Hall–Kier alpha value is -0.860. The summed E-state index contributed by atoms with van der Waals surface area (Å²) in [6.07, 6.45) is 6.71. The number of piperidine rings is 1. The monoisotopic (exact) mass is 258 g/mol. The van der Waals surface area contributed by atoms with E-state index in [0.717, 1.165) is 6.04 Å². The van der Waals surface area contributed by atoms with Gasteiger partial charge in [-0.2, -0.15) is 0 Å². The predicted molar refractivity (Wildman–Crippen MR) is 80.2 cm³/mol. The second-order valence-corrected chi connectivity index (χ2v) is 6.03. The average Bonchev–Trinajstić information content (AvgIpc) is 2.89. The molecule has 3 unspecified atom stereocenters. The highest BCUT2D eigenvalue weighted by atomic mass is 15.2. The Kier molecular flexibility index (Phi) is 4.19. The fourth-order valence-corrected chi connectivity index (χ4v) is 3.84. The van der Waals surface area contributed by atoms with Crippen LogP contribution in [0.4, 0.5) is 0 Å². The van der Waals surface area contributed by atoms with Gasteiger partial charge in [0, 0.05) is 24.7 Å². The Morgan fingerprint density at radius 3 is 2.79 bits per heavy atom. The zero-order chi connectivity index (χ0) is 13.1. The second kappa shape index (κ2) is 6.06. The van der Waals surface area contributed by atoms with E-state index in [9.17, 15) is 0 Å². The number of nitrogens with zero attached hydrogens (tertiary/aromatic N) is 1. The van der Waals surface area contributed by atoms with Gasteiger partial charge in [0.2, 0.25) is 0 Å². The zero-order valence-corrected chi connectivity index (χ0v) is 12.0. The first-order valence-electron chi connectivity index (χ1n) is 7.93. The normalized spacial score (nSPS) is 29.1. The summed E-state index contributed by atoms with van der Waals surface area (Å²) >= 11 is 0. The van der Waals surface area contributed by atoms with Crippen LogP contribution in [0.3, 0.4) is 0 Å². The number of benzene rings is 1. The highest BCUT2D eigenvalue weighted by molar-refractivity contribution is 5.19. The second-order valence-electron chi connectivity index (χ2n) is 6.03. The van der Waals surface area contributed by atoms with Gasteiger partial charge in [0.25, 0.3) is 0 Å². The summed E-state index contributed by atoms with van der Waals surface area (Å²) in [4.78, 5) is 2.71. The van der Waals surface area contributed by atoms with Gasteiger partial charge >= 0.3 is 0 Å². The summed E-state index contributed by atoms with van der Waals surface area (Å²) in [5.74, 6) is 0. The number of hydrogen-bond acceptors (Lipinski definition) is 2. The van der Waals surface area contributed by atoms with Crippen molar-refractivity contribution in [2.75, 3.05) is 13.1 Å².